The second-order valence-corrected chi connectivity index (χ2v) is 7.32. The first kappa shape index (κ1) is 22.2. The van der Waals surface area contributed by atoms with Gasteiger partial charge in [-0.05, 0) is 59.0 Å². The molecule has 0 aliphatic heterocycles. The highest BCUT2D eigenvalue weighted by Crippen LogP contribution is 2.29. The first-order valence-corrected chi connectivity index (χ1v) is 9.97. The van der Waals surface area contributed by atoms with E-state index >= 15 is 0 Å². The van der Waals surface area contributed by atoms with E-state index < -0.39 is 5.91 Å². The van der Waals surface area contributed by atoms with Gasteiger partial charge >= 0.3 is 0 Å². The Morgan fingerprint density at radius 3 is 2.21 bits per heavy atom. The van der Waals surface area contributed by atoms with Gasteiger partial charge in [0.05, 0.1) is 23.9 Å². The van der Waals surface area contributed by atoms with E-state index in [1.165, 1.54) is 7.11 Å². The van der Waals surface area contributed by atoms with E-state index in [1.807, 2.05) is 40.0 Å². The Morgan fingerprint density at radius 2 is 1.75 bits per heavy atom. The van der Waals surface area contributed by atoms with Crippen molar-refractivity contribution >= 4 is 27.5 Å². The first-order chi connectivity index (χ1) is 13.3. The van der Waals surface area contributed by atoms with Crippen LogP contribution >= 0.6 is 15.9 Å². The fourth-order valence-corrected chi connectivity index (χ4v) is 3.67. The number of methoxy groups -OCH3 is 2. The maximum Gasteiger partial charge on any atom is 0.261 e. The van der Waals surface area contributed by atoms with Crippen LogP contribution in [0.5, 0.6) is 5.75 Å². The summed E-state index contributed by atoms with van der Waals surface area (Å²) in [6, 6.07) is 3.82. The van der Waals surface area contributed by atoms with Crippen LogP contribution in [0.25, 0.3) is 0 Å². The fourth-order valence-electron chi connectivity index (χ4n) is 3.21. The van der Waals surface area contributed by atoms with Crippen molar-refractivity contribution in [1.82, 2.24) is 4.57 Å². The lowest BCUT2D eigenvalue weighted by Crippen LogP contribution is -2.29. The van der Waals surface area contributed by atoms with Crippen LogP contribution in [0.4, 0.5) is 5.69 Å². The largest absolute Gasteiger partial charge is 0.497 e. The van der Waals surface area contributed by atoms with Crippen molar-refractivity contribution in [3.63, 3.8) is 0 Å². The monoisotopic (exact) mass is 450 g/mol. The molecule has 0 aliphatic carbocycles. The fraction of sp³-hybridized carbons (Fsp3) is 0.429. The molecule has 1 aromatic carbocycles. The van der Waals surface area contributed by atoms with Crippen molar-refractivity contribution in [2.45, 2.75) is 40.2 Å². The minimum atomic E-state index is -0.442. The molecule has 1 N–H and O–H groups in total. The number of carbonyl (C=O) groups is 1. The second kappa shape index (κ2) is 9.39. The van der Waals surface area contributed by atoms with Gasteiger partial charge in [-0.3, -0.25) is 9.59 Å². The van der Waals surface area contributed by atoms with E-state index in [0.717, 1.165) is 41.1 Å². The lowest BCUT2D eigenvalue weighted by Gasteiger charge is -2.20. The zero-order valence-corrected chi connectivity index (χ0v) is 18.8. The molecule has 0 fully saturated rings. The summed E-state index contributed by atoms with van der Waals surface area (Å²) in [5.74, 6) is 0.309. The number of rotatable bonds is 7. The van der Waals surface area contributed by atoms with E-state index in [9.17, 15) is 9.59 Å². The van der Waals surface area contributed by atoms with Gasteiger partial charge in [-0.2, -0.15) is 0 Å². The number of anilines is 1. The molecule has 2 aromatic rings. The Balaban J connectivity index is 2.62. The molecule has 0 aliphatic rings. The number of benzene rings is 1. The predicted molar refractivity (Wildman–Crippen MR) is 115 cm³/mol. The third-order valence-electron chi connectivity index (χ3n) is 4.96. The standard InChI is InChI=1S/C21H27BrN2O4/c1-7-13-9-15(28-6)10-14(8-2)19(13)23-21(26)17-16(11-27-5)24(4)12(3)18(22)20(17)25/h9-10H,7-8,11H2,1-6H3,(H,23,26). The minimum absolute atomic E-state index is 0.0850. The molecule has 1 aromatic heterocycles. The molecule has 0 spiro atoms. The minimum Gasteiger partial charge on any atom is -0.497 e. The summed E-state index contributed by atoms with van der Waals surface area (Å²) in [6.45, 7) is 6.01. The Labute approximate surface area is 174 Å². The highest BCUT2D eigenvalue weighted by Gasteiger charge is 2.23. The maximum absolute atomic E-state index is 13.2. The number of halogens is 1. The Bertz CT molecular complexity index is 925. The lowest BCUT2D eigenvalue weighted by atomic mass is 10.0. The van der Waals surface area contributed by atoms with E-state index in [4.69, 9.17) is 9.47 Å². The van der Waals surface area contributed by atoms with Crippen molar-refractivity contribution in [3.05, 3.63) is 54.9 Å². The molecule has 2 rings (SSSR count). The number of nitrogens with one attached hydrogen (secondary N) is 1. The van der Waals surface area contributed by atoms with E-state index in [1.54, 1.807) is 11.7 Å². The van der Waals surface area contributed by atoms with E-state index in [-0.39, 0.29) is 17.6 Å². The Kier molecular flexibility index (Phi) is 7.43. The first-order valence-electron chi connectivity index (χ1n) is 9.18. The predicted octanol–water partition coefficient (Wildman–Crippen LogP) is 3.99. The zero-order chi connectivity index (χ0) is 21.0. The Morgan fingerprint density at radius 1 is 1.18 bits per heavy atom. The van der Waals surface area contributed by atoms with Crippen molar-refractivity contribution < 1.29 is 14.3 Å². The van der Waals surface area contributed by atoms with E-state index in [0.29, 0.717) is 10.2 Å². The number of nitrogens with zero attached hydrogens (tertiary/aromatic N) is 1. The number of ether oxygens (including phenoxy) is 2. The van der Waals surface area contributed by atoms with Gasteiger partial charge in [0.25, 0.3) is 5.91 Å². The zero-order valence-electron chi connectivity index (χ0n) is 17.2. The van der Waals surface area contributed by atoms with Gasteiger partial charge < -0.3 is 19.4 Å². The number of aromatic nitrogens is 1. The van der Waals surface area contributed by atoms with Gasteiger partial charge in [0, 0.05) is 25.5 Å². The smallest absolute Gasteiger partial charge is 0.261 e. The van der Waals surface area contributed by atoms with Gasteiger partial charge in [0.1, 0.15) is 11.3 Å². The molecular formula is C21H27BrN2O4. The van der Waals surface area contributed by atoms with Crippen LogP contribution in [0, 0.1) is 6.92 Å². The summed E-state index contributed by atoms with van der Waals surface area (Å²) in [5.41, 5.74) is 3.67. The summed E-state index contributed by atoms with van der Waals surface area (Å²) in [4.78, 5) is 26.1. The maximum atomic E-state index is 13.2. The second-order valence-electron chi connectivity index (χ2n) is 6.52. The molecule has 0 saturated heterocycles. The van der Waals surface area contributed by atoms with Gasteiger partial charge in [-0.25, -0.2) is 0 Å². The number of amides is 1. The molecule has 0 bridgehead atoms. The highest BCUT2D eigenvalue weighted by molar-refractivity contribution is 9.10. The molecule has 152 valence electrons. The summed E-state index contributed by atoms with van der Waals surface area (Å²) < 4.78 is 12.8. The van der Waals surface area contributed by atoms with E-state index in [2.05, 4.69) is 21.2 Å². The van der Waals surface area contributed by atoms with Crippen LogP contribution in [-0.2, 0) is 31.2 Å². The Hall–Kier alpha value is -2.12. The normalized spacial score (nSPS) is 10.8. The number of hydrogen-bond donors (Lipinski definition) is 1. The summed E-state index contributed by atoms with van der Waals surface area (Å²) in [5, 5.41) is 2.98. The number of carbonyl (C=O) groups excluding carboxylic acids is 1. The van der Waals surface area contributed by atoms with Crippen LogP contribution in [-0.4, -0.2) is 24.7 Å². The van der Waals surface area contributed by atoms with Crippen molar-refractivity contribution in [1.29, 1.82) is 0 Å². The van der Waals surface area contributed by atoms with Gasteiger partial charge in [0.15, 0.2) is 0 Å². The van der Waals surface area contributed by atoms with Crippen LogP contribution in [0.1, 0.15) is 46.7 Å². The molecule has 0 atom stereocenters. The highest BCUT2D eigenvalue weighted by atomic mass is 79.9. The molecule has 1 heterocycles. The molecule has 7 heteroatoms. The molecule has 0 unspecified atom stereocenters. The van der Waals surface area contributed by atoms with Gasteiger partial charge in [-0.1, -0.05) is 13.8 Å². The average molecular weight is 451 g/mol. The third-order valence-corrected chi connectivity index (χ3v) is 5.89. The summed E-state index contributed by atoms with van der Waals surface area (Å²) in [7, 11) is 4.97. The molecule has 0 saturated carbocycles. The number of hydrogen-bond acceptors (Lipinski definition) is 4. The average Bonchev–Trinajstić information content (AvgIpc) is 2.70. The van der Waals surface area contributed by atoms with Crippen LogP contribution < -0.4 is 15.5 Å². The molecule has 6 nitrogen and oxygen atoms in total. The third kappa shape index (κ3) is 4.15. The molecule has 1 amide bonds. The summed E-state index contributed by atoms with van der Waals surface area (Å²) in [6.07, 6.45) is 1.45. The number of pyridine rings is 1. The molecule has 28 heavy (non-hydrogen) atoms. The quantitative estimate of drug-likeness (QED) is 0.692. The topological polar surface area (TPSA) is 69.6 Å². The SMILES string of the molecule is CCc1cc(OC)cc(CC)c1NC(=O)c1c(COC)n(C)c(C)c(Br)c1=O. The van der Waals surface area contributed by atoms with Gasteiger partial charge in [0.2, 0.25) is 5.43 Å². The van der Waals surface area contributed by atoms with Crippen LogP contribution in [0.15, 0.2) is 21.4 Å². The van der Waals surface area contributed by atoms with Crippen molar-refractivity contribution in [2.24, 2.45) is 7.05 Å². The number of aryl methyl sites for hydroxylation is 2. The molecule has 0 radical (unpaired) electrons. The molecular weight excluding hydrogens is 424 g/mol. The van der Waals surface area contributed by atoms with Crippen molar-refractivity contribution in [3.8, 4) is 5.75 Å². The van der Waals surface area contributed by atoms with Crippen molar-refractivity contribution in [2.75, 3.05) is 19.5 Å². The lowest BCUT2D eigenvalue weighted by molar-refractivity contribution is 0.101. The van der Waals surface area contributed by atoms with Gasteiger partial charge in [-0.15, -0.1) is 0 Å². The van der Waals surface area contributed by atoms with Crippen LogP contribution in [0.2, 0.25) is 0 Å². The summed E-state index contributed by atoms with van der Waals surface area (Å²) >= 11 is 3.32. The van der Waals surface area contributed by atoms with Crippen LogP contribution in [0.3, 0.4) is 0 Å².